The van der Waals surface area contributed by atoms with E-state index in [9.17, 15) is 4.79 Å². The second-order valence-electron chi connectivity index (χ2n) is 3.73. The van der Waals surface area contributed by atoms with Gasteiger partial charge in [0, 0.05) is 23.6 Å². The first-order valence-electron chi connectivity index (χ1n) is 5.44. The van der Waals surface area contributed by atoms with Gasteiger partial charge < -0.3 is 9.84 Å². The summed E-state index contributed by atoms with van der Waals surface area (Å²) < 4.78 is 5.63. The van der Waals surface area contributed by atoms with Crippen LogP contribution in [0.1, 0.15) is 22.1 Å². The predicted molar refractivity (Wildman–Crippen MR) is 72.0 cm³/mol. The number of halogens is 2. The molecule has 0 fully saturated rings. The summed E-state index contributed by atoms with van der Waals surface area (Å²) in [5.41, 5.74) is 0.317. The standard InChI is InChI=1S/C11H10BrClN4O2/c1-6-16-9(19-17-6)2-3-14-11(18)8-4-7(12)5-15-10(8)13/h4-5H,2-3H2,1H3,(H,14,18). The summed E-state index contributed by atoms with van der Waals surface area (Å²) in [5.74, 6) is 0.756. The molecule has 0 spiro atoms. The van der Waals surface area contributed by atoms with Gasteiger partial charge in [0.05, 0.1) is 5.56 Å². The quantitative estimate of drug-likeness (QED) is 0.859. The van der Waals surface area contributed by atoms with Crippen molar-refractivity contribution in [3.63, 3.8) is 0 Å². The van der Waals surface area contributed by atoms with Crippen molar-refractivity contribution in [1.82, 2.24) is 20.4 Å². The molecule has 0 saturated heterocycles. The number of hydrogen-bond acceptors (Lipinski definition) is 5. The van der Waals surface area contributed by atoms with E-state index in [4.69, 9.17) is 16.1 Å². The summed E-state index contributed by atoms with van der Waals surface area (Å²) in [4.78, 5) is 19.8. The number of aromatic nitrogens is 3. The maximum Gasteiger partial charge on any atom is 0.254 e. The fourth-order valence-electron chi connectivity index (χ4n) is 1.40. The molecule has 8 heteroatoms. The average molecular weight is 346 g/mol. The van der Waals surface area contributed by atoms with Gasteiger partial charge in [-0.25, -0.2) is 4.98 Å². The minimum absolute atomic E-state index is 0.161. The molecule has 2 rings (SSSR count). The van der Waals surface area contributed by atoms with Crippen molar-refractivity contribution in [2.24, 2.45) is 0 Å². The Bertz CT molecular complexity index is 602. The Hall–Kier alpha value is -1.47. The van der Waals surface area contributed by atoms with Crippen molar-refractivity contribution in [3.8, 4) is 0 Å². The van der Waals surface area contributed by atoms with Crippen LogP contribution in [0.3, 0.4) is 0 Å². The monoisotopic (exact) mass is 344 g/mol. The third-order valence-corrected chi connectivity index (χ3v) is 2.98. The van der Waals surface area contributed by atoms with Gasteiger partial charge in [-0.3, -0.25) is 4.79 Å². The first-order valence-corrected chi connectivity index (χ1v) is 6.62. The summed E-state index contributed by atoms with van der Waals surface area (Å²) >= 11 is 9.09. The summed E-state index contributed by atoms with van der Waals surface area (Å²) in [6.45, 7) is 2.11. The van der Waals surface area contributed by atoms with Gasteiger partial charge in [-0.1, -0.05) is 16.8 Å². The lowest BCUT2D eigenvalue weighted by Gasteiger charge is -2.05. The van der Waals surface area contributed by atoms with Gasteiger partial charge in [0.15, 0.2) is 5.82 Å². The Morgan fingerprint density at radius 3 is 3.05 bits per heavy atom. The molecule has 2 aromatic heterocycles. The van der Waals surface area contributed by atoms with Crippen LogP contribution in [0.25, 0.3) is 0 Å². The summed E-state index contributed by atoms with van der Waals surface area (Å²) in [7, 11) is 0. The largest absolute Gasteiger partial charge is 0.351 e. The average Bonchev–Trinajstić information content (AvgIpc) is 2.78. The number of pyridine rings is 1. The second kappa shape index (κ2) is 6.12. The SMILES string of the molecule is Cc1noc(CCNC(=O)c2cc(Br)cnc2Cl)n1. The summed E-state index contributed by atoms with van der Waals surface area (Å²) in [5, 5.41) is 6.54. The van der Waals surface area contributed by atoms with Crippen LogP contribution in [0.5, 0.6) is 0 Å². The number of aryl methyl sites for hydroxylation is 1. The maximum atomic E-state index is 11.9. The summed E-state index contributed by atoms with van der Waals surface area (Å²) in [6.07, 6.45) is 1.99. The Morgan fingerprint density at radius 2 is 2.37 bits per heavy atom. The molecule has 0 radical (unpaired) electrons. The highest BCUT2D eigenvalue weighted by Crippen LogP contribution is 2.17. The minimum atomic E-state index is -0.296. The van der Waals surface area contributed by atoms with Crippen molar-refractivity contribution >= 4 is 33.4 Å². The first kappa shape index (κ1) is 14.0. The summed E-state index contributed by atoms with van der Waals surface area (Å²) in [6, 6.07) is 1.61. The van der Waals surface area contributed by atoms with E-state index in [0.29, 0.717) is 34.7 Å². The molecule has 1 N–H and O–H groups in total. The zero-order valence-electron chi connectivity index (χ0n) is 9.98. The molecule has 0 saturated carbocycles. The molecule has 100 valence electrons. The van der Waals surface area contributed by atoms with E-state index in [-0.39, 0.29) is 11.1 Å². The van der Waals surface area contributed by atoms with E-state index >= 15 is 0 Å². The highest BCUT2D eigenvalue weighted by molar-refractivity contribution is 9.10. The molecule has 1 amide bonds. The fourth-order valence-corrected chi connectivity index (χ4v) is 1.92. The van der Waals surface area contributed by atoms with Crippen LogP contribution >= 0.6 is 27.5 Å². The van der Waals surface area contributed by atoms with Gasteiger partial charge in [-0.2, -0.15) is 4.98 Å². The zero-order valence-corrected chi connectivity index (χ0v) is 12.3. The lowest BCUT2D eigenvalue weighted by molar-refractivity contribution is 0.0953. The molecule has 0 aliphatic carbocycles. The topological polar surface area (TPSA) is 80.9 Å². The van der Waals surface area contributed by atoms with Crippen LogP contribution in [-0.2, 0) is 6.42 Å². The van der Waals surface area contributed by atoms with E-state index in [1.807, 2.05) is 0 Å². The smallest absolute Gasteiger partial charge is 0.254 e. The molecular formula is C11H10BrClN4O2. The van der Waals surface area contributed by atoms with Gasteiger partial charge in [0.1, 0.15) is 5.15 Å². The van der Waals surface area contributed by atoms with Crippen molar-refractivity contribution in [1.29, 1.82) is 0 Å². The fraction of sp³-hybridized carbons (Fsp3) is 0.273. The molecule has 6 nitrogen and oxygen atoms in total. The Balaban J connectivity index is 1.92. The molecule has 0 aliphatic heterocycles. The number of amides is 1. The van der Waals surface area contributed by atoms with E-state index in [1.54, 1.807) is 13.0 Å². The van der Waals surface area contributed by atoms with Gasteiger partial charge in [-0.15, -0.1) is 0 Å². The van der Waals surface area contributed by atoms with Crippen molar-refractivity contribution in [2.75, 3.05) is 6.54 Å². The molecular weight excluding hydrogens is 336 g/mol. The molecule has 0 unspecified atom stereocenters. The minimum Gasteiger partial charge on any atom is -0.351 e. The van der Waals surface area contributed by atoms with E-state index in [1.165, 1.54) is 6.20 Å². The van der Waals surface area contributed by atoms with Crippen molar-refractivity contribution < 1.29 is 9.32 Å². The van der Waals surface area contributed by atoms with Crippen molar-refractivity contribution in [3.05, 3.63) is 39.2 Å². The lowest BCUT2D eigenvalue weighted by Crippen LogP contribution is -2.26. The van der Waals surface area contributed by atoms with Crippen LogP contribution in [0.15, 0.2) is 21.3 Å². The van der Waals surface area contributed by atoms with Crippen molar-refractivity contribution in [2.45, 2.75) is 13.3 Å². The second-order valence-corrected chi connectivity index (χ2v) is 5.01. The van der Waals surface area contributed by atoms with Gasteiger partial charge in [0.25, 0.3) is 5.91 Å². The van der Waals surface area contributed by atoms with Gasteiger partial charge >= 0.3 is 0 Å². The van der Waals surface area contributed by atoms with Gasteiger partial charge in [0.2, 0.25) is 5.89 Å². The maximum absolute atomic E-state index is 11.9. The van der Waals surface area contributed by atoms with E-state index in [2.05, 4.69) is 36.4 Å². The van der Waals surface area contributed by atoms with Crippen LogP contribution in [0, 0.1) is 6.92 Å². The number of nitrogens with zero attached hydrogens (tertiary/aromatic N) is 3. The highest BCUT2D eigenvalue weighted by atomic mass is 79.9. The van der Waals surface area contributed by atoms with Crippen LogP contribution in [-0.4, -0.2) is 27.6 Å². The zero-order chi connectivity index (χ0) is 13.8. The number of hydrogen-bond donors (Lipinski definition) is 1. The van der Waals surface area contributed by atoms with Crippen LogP contribution in [0.4, 0.5) is 0 Å². The highest BCUT2D eigenvalue weighted by Gasteiger charge is 2.12. The molecule has 19 heavy (non-hydrogen) atoms. The third-order valence-electron chi connectivity index (χ3n) is 2.24. The molecule has 0 bridgehead atoms. The van der Waals surface area contributed by atoms with E-state index < -0.39 is 0 Å². The normalized spacial score (nSPS) is 10.5. The molecule has 0 atom stereocenters. The predicted octanol–water partition coefficient (Wildman–Crippen LogP) is 2.16. The molecule has 0 aliphatic rings. The number of carbonyl (C=O) groups is 1. The molecule has 0 aromatic carbocycles. The Kier molecular flexibility index (Phi) is 4.49. The number of carbonyl (C=O) groups excluding carboxylic acids is 1. The first-order chi connectivity index (χ1) is 9.06. The van der Waals surface area contributed by atoms with Gasteiger partial charge in [-0.05, 0) is 28.9 Å². The molecule has 2 aromatic rings. The number of nitrogens with one attached hydrogen (secondary N) is 1. The lowest BCUT2D eigenvalue weighted by atomic mass is 10.2. The van der Waals surface area contributed by atoms with E-state index in [0.717, 1.165) is 0 Å². The van der Waals surface area contributed by atoms with Crippen LogP contribution in [0.2, 0.25) is 5.15 Å². The van der Waals surface area contributed by atoms with Crippen LogP contribution < -0.4 is 5.32 Å². The molecule has 2 heterocycles. The third kappa shape index (κ3) is 3.74. The Morgan fingerprint density at radius 1 is 1.58 bits per heavy atom. The Labute approximate surface area is 122 Å². The number of rotatable bonds is 4.